The van der Waals surface area contributed by atoms with Gasteiger partial charge in [0.15, 0.2) is 6.04 Å². The van der Waals surface area contributed by atoms with E-state index in [1.165, 1.54) is 35.4 Å². The monoisotopic (exact) mass is 502 g/mol. The van der Waals surface area contributed by atoms with E-state index in [0.29, 0.717) is 17.0 Å². The molecule has 2 aromatic carbocycles. The molecular formula is C27H27FN6O3. The van der Waals surface area contributed by atoms with E-state index in [-0.39, 0.29) is 30.1 Å². The van der Waals surface area contributed by atoms with Crippen molar-refractivity contribution in [1.29, 1.82) is 0 Å². The van der Waals surface area contributed by atoms with Gasteiger partial charge >= 0.3 is 0 Å². The van der Waals surface area contributed by atoms with Gasteiger partial charge in [0.1, 0.15) is 18.1 Å². The first-order chi connectivity index (χ1) is 18.0. The maximum absolute atomic E-state index is 13.8. The molecule has 1 unspecified atom stereocenters. The molecule has 0 radical (unpaired) electrons. The van der Waals surface area contributed by atoms with Crippen LogP contribution in [-0.4, -0.2) is 38.1 Å². The van der Waals surface area contributed by atoms with Gasteiger partial charge in [0.2, 0.25) is 5.82 Å². The summed E-state index contributed by atoms with van der Waals surface area (Å²) in [6, 6.07) is 15.5. The van der Waals surface area contributed by atoms with Crippen molar-refractivity contribution in [3.63, 3.8) is 0 Å². The standard InChI is InChI=1S/C27H27FN6O3/c1-18-6-4-9-22(16-18)34(25(23-10-5-15-37-23)27(36)29-21-7-2-3-8-21)24(35)17-33-31-26(30-32-33)19-11-13-20(28)14-12-19/h4-6,9-16,21,25H,2-3,7-8,17H2,1H3,(H,29,36). The Bertz CT molecular complexity index is 1360. The first-order valence-electron chi connectivity index (χ1n) is 12.2. The van der Waals surface area contributed by atoms with Crippen LogP contribution in [0.15, 0.2) is 71.3 Å². The highest BCUT2D eigenvalue weighted by Gasteiger charge is 2.36. The molecule has 1 saturated carbocycles. The van der Waals surface area contributed by atoms with Gasteiger partial charge in [-0.15, -0.1) is 10.2 Å². The molecule has 5 rings (SSSR count). The zero-order valence-corrected chi connectivity index (χ0v) is 20.4. The highest BCUT2D eigenvalue weighted by atomic mass is 19.1. The number of benzene rings is 2. The molecule has 1 N–H and O–H groups in total. The van der Waals surface area contributed by atoms with Crippen LogP contribution in [-0.2, 0) is 16.1 Å². The van der Waals surface area contributed by atoms with Crippen LogP contribution in [0.5, 0.6) is 0 Å². The Hall–Kier alpha value is -4.34. The van der Waals surface area contributed by atoms with Crippen molar-refractivity contribution >= 4 is 17.5 Å². The number of amides is 2. The summed E-state index contributed by atoms with van der Waals surface area (Å²) in [6.07, 6.45) is 5.42. The second-order valence-corrected chi connectivity index (χ2v) is 9.16. The first kappa shape index (κ1) is 24.4. The summed E-state index contributed by atoms with van der Waals surface area (Å²) in [5.74, 6) is -0.493. The lowest BCUT2D eigenvalue weighted by Crippen LogP contribution is -2.47. The number of aromatic nitrogens is 4. The first-order valence-corrected chi connectivity index (χ1v) is 12.2. The molecule has 1 aliphatic rings. The van der Waals surface area contributed by atoms with Gasteiger partial charge in [-0.3, -0.25) is 14.5 Å². The molecule has 2 aromatic heterocycles. The van der Waals surface area contributed by atoms with Crippen LogP contribution >= 0.6 is 0 Å². The van der Waals surface area contributed by atoms with Crippen molar-refractivity contribution < 1.29 is 18.4 Å². The topological polar surface area (TPSA) is 106 Å². The molecule has 4 aromatic rings. The molecule has 2 amide bonds. The predicted octanol–water partition coefficient (Wildman–Crippen LogP) is 4.21. The quantitative estimate of drug-likeness (QED) is 0.387. The van der Waals surface area contributed by atoms with E-state index in [1.54, 1.807) is 18.2 Å². The van der Waals surface area contributed by atoms with E-state index < -0.39 is 11.9 Å². The Morgan fingerprint density at radius 3 is 2.62 bits per heavy atom. The largest absolute Gasteiger partial charge is 0.467 e. The minimum atomic E-state index is -1.02. The van der Waals surface area contributed by atoms with Crippen LogP contribution in [0.3, 0.4) is 0 Å². The third kappa shape index (κ3) is 5.58. The molecule has 0 aliphatic heterocycles. The van der Waals surface area contributed by atoms with Crippen LogP contribution in [0.2, 0.25) is 0 Å². The summed E-state index contributed by atoms with van der Waals surface area (Å²) >= 11 is 0. The summed E-state index contributed by atoms with van der Waals surface area (Å²) in [5, 5.41) is 15.4. The number of carbonyl (C=O) groups excluding carboxylic acids is 2. The second-order valence-electron chi connectivity index (χ2n) is 9.16. The fourth-order valence-electron chi connectivity index (χ4n) is 4.61. The van der Waals surface area contributed by atoms with Gasteiger partial charge in [-0.1, -0.05) is 25.0 Å². The van der Waals surface area contributed by atoms with Gasteiger partial charge in [0.05, 0.1) is 6.26 Å². The lowest BCUT2D eigenvalue weighted by molar-refractivity contribution is -0.128. The SMILES string of the molecule is Cc1cccc(N(C(=O)Cn2nnc(-c3ccc(F)cc3)n2)C(C(=O)NC2CCCC2)c2ccco2)c1. The van der Waals surface area contributed by atoms with Crippen molar-refractivity contribution in [3.05, 3.63) is 84.1 Å². The number of tetrazole rings is 1. The van der Waals surface area contributed by atoms with Crippen LogP contribution in [0, 0.1) is 12.7 Å². The van der Waals surface area contributed by atoms with E-state index in [2.05, 4.69) is 20.7 Å². The number of carbonyl (C=O) groups is 2. The van der Waals surface area contributed by atoms with Crippen molar-refractivity contribution in [2.75, 3.05) is 4.90 Å². The Morgan fingerprint density at radius 2 is 1.92 bits per heavy atom. The van der Waals surface area contributed by atoms with Crippen LogP contribution in [0.4, 0.5) is 10.1 Å². The van der Waals surface area contributed by atoms with Crippen LogP contribution in [0.25, 0.3) is 11.4 Å². The molecule has 1 aliphatic carbocycles. The van der Waals surface area contributed by atoms with E-state index in [4.69, 9.17) is 4.42 Å². The Balaban J connectivity index is 1.47. The van der Waals surface area contributed by atoms with Gasteiger partial charge in [-0.2, -0.15) is 4.80 Å². The molecule has 190 valence electrons. The molecule has 0 saturated heterocycles. The van der Waals surface area contributed by atoms with Crippen molar-refractivity contribution in [2.45, 2.75) is 51.2 Å². The number of rotatable bonds is 8. The molecule has 37 heavy (non-hydrogen) atoms. The van der Waals surface area contributed by atoms with Gasteiger partial charge in [0.25, 0.3) is 11.8 Å². The fraction of sp³-hybridized carbons (Fsp3) is 0.296. The molecular weight excluding hydrogens is 475 g/mol. The fourth-order valence-corrected chi connectivity index (χ4v) is 4.61. The average Bonchev–Trinajstić information content (AvgIpc) is 3.66. The van der Waals surface area contributed by atoms with Gasteiger partial charge in [-0.25, -0.2) is 4.39 Å². The Kier molecular flexibility index (Phi) is 7.07. The Labute approximate surface area is 213 Å². The smallest absolute Gasteiger partial charge is 0.251 e. The number of hydrogen-bond acceptors (Lipinski definition) is 6. The highest BCUT2D eigenvalue weighted by Crippen LogP contribution is 2.30. The third-order valence-electron chi connectivity index (χ3n) is 6.40. The third-order valence-corrected chi connectivity index (χ3v) is 6.40. The number of hydrogen-bond donors (Lipinski definition) is 1. The number of nitrogens with one attached hydrogen (secondary N) is 1. The summed E-state index contributed by atoms with van der Waals surface area (Å²) in [5.41, 5.74) is 2.05. The maximum atomic E-state index is 13.8. The number of halogens is 1. The van der Waals surface area contributed by atoms with Crippen LogP contribution in [0.1, 0.15) is 43.0 Å². The van der Waals surface area contributed by atoms with Crippen molar-refractivity contribution in [1.82, 2.24) is 25.5 Å². The summed E-state index contributed by atoms with van der Waals surface area (Å²) < 4.78 is 18.9. The molecule has 2 heterocycles. The van der Waals surface area contributed by atoms with E-state index in [9.17, 15) is 14.0 Å². The minimum absolute atomic E-state index is 0.0645. The van der Waals surface area contributed by atoms with Gasteiger partial charge in [0, 0.05) is 17.3 Å². The molecule has 10 heteroatoms. The van der Waals surface area contributed by atoms with Crippen LogP contribution < -0.4 is 10.2 Å². The molecule has 1 atom stereocenters. The lowest BCUT2D eigenvalue weighted by Gasteiger charge is -2.30. The van der Waals surface area contributed by atoms with Gasteiger partial charge < -0.3 is 9.73 Å². The van der Waals surface area contributed by atoms with E-state index in [1.807, 2.05) is 25.1 Å². The number of nitrogens with zero attached hydrogens (tertiary/aromatic N) is 5. The van der Waals surface area contributed by atoms with Crippen molar-refractivity contribution in [2.24, 2.45) is 0 Å². The second kappa shape index (κ2) is 10.7. The zero-order valence-electron chi connectivity index (χ0n) is 20.4. The number of anilines is 1. The zero-order chi connectivity index (χ0) is 25.8. The van der Waals surface area contributed by atoms with Crippen molar-refractivity contribution in [3.8, 4) is 11.4 Å². The summed E-state index contributed by atoms with van der Waals surface area (Å²) in [4.78, 5) is 30.0. The minimum Gasteiger partial charge on any atom is -0.467 e. The Morgan fingerprint density at radius 1 is 1.14 bits per heavy atom. The maximum Gasteiger partial charge on any atom is 0.251 e. The molecule has 1 fully saturated rings. The summed E-state index contributed by atoms with van der Waals surface area (Å²) in [6.45, 7) is 1.65. The highest BCUT2D eigenvalue weighted by molar-refractivity contribution is 6.01. The molecule has 0 bridgehead atoms. The summed E-state index contributed by atoms with van der Waals surface area (Å²) in [7, 11) is 0. The van der Waals surface area contributed by atoms with E-state index in [0.717, 1.165) is 36.0 Å². The number of aryl methyl sites for hydroxylation is 1. The molecule has 0 spiro atoms. The lowest BCUT2D eigenvalue weighted by atomic mass is 10.1. The number of furan rings is 1. The average molecular weight is 503 g/mol. The van der Waals surface area contributed by atoms with E-state index >= 15 is 0 Å². The predicted molar refractivity (Wildman–Crippen MR) is 134 cm³/mol. The molecule has 9 nitrogen and oxygen atoms in total. The van der Waals surface area contributed by atoms with Gasteiger partial charge in [-0.05, 0) is 79.1 Å². The normalized spacial score (nSPS) is 14.4.